The molecule has 634 valence electrons. The minimum absolute atomic E-state index is 0.00333. The lowest BCUT2D eigenvalue weighted by Crippen LogP contribution is -2.61. The Balaban J connectivity index is 1.41. The zero-order valence-electron chi connectivity index (χ0n) is 65.7. The van der Waals surface area contributed by atoms with E-state index in [0.29, 0.717) is 6.42 Å². The number of amides is 13. The summed E-state index contributed by atoms with van der Waals surface area (Å²) < 4.78 is 5.74. The van der Waals surface area contributed by atoms with Crippen LogP contribution in [0, 0.1) is 17.3 Å². The van der Waals surface area contributed by atoms with Crippen LogP contribution in [-0.2, 0) is 86.2 Å². The van der Waals surface area contributed by atoms with E-state index < -0.39 is 236 Å². The van der Waals surface area contributed by atoms with E-state index in [1.54, 1.807) is 13.8 Å². The minimum Gasteiger partial charge on any atom is -0.481 e. The number of fused-ring (bicyclic) bond motifs is 9. The van der Waals surface area contributed by atoms with Gasteiger partial charge in [0, 0.05) is 86.2 Å². The van der Waals surface area contributed by atoms with Crippen LogP contribution < -0.4 is 53.6 Å². The van der Waals surface area contributed by atoms with E-state index in [2.05, 4.69) is 54.8 Å². The van der Waals surface area contributed by atoms with E-state index in [1.807, 2.05) is 0 Å². The molecule has 13 atom stereocenters. The van der Waals surface area contributed by atoms with Gasteiger partial charge in [-0.2, -0.15) is 23.5 Å². The van der Waals surface area contributed by atoms with Crippen molar-refractivity contribution >= 4 is 124 Å². The van der Waals surface area contributed by atoms with Crippen LogP contribution >= 0.6 is 23.5 Å². The van der Waals surface area contributed by atoms with Gasteiger partial charge in [0.05, 0.1) is 44.2 Å². The molecule has 15 N–H and O–H groups in total. The predicted molar refractivity (Wildman–Crippen MR) is 414 cm³/mol. The number of carboxylic acids is 3. The van der Waals surface area contributed by atoms with E-state index in [0.717, 1.165) is 55.7 Å². The van der Waals surface area contributed by atoms with Crippen LogP contribution in [0.2, 0.25) is 0 Å². The molecule has 0 aliphatic carbocycles. The van der Waals surface area contributed by atoms with Gasteiger partial charge in [0.2, 0.25) is 76.8 Å². The number of nitrogens with one attached hydrogen (secondary N) is 9. The first kappa shape index (κ1) is 93.7. The van der Waals surface area contributed by atoms with Gasteiger partial charge in [-0.05, 0) is 77.0 Å². The van der Waals surface area contributed by atoms with E-state index in [4.69, 9.17) is 10.5 Å². The molecule has 1 spiro atoms. The summed E-state index contributed by atoms with van der Waals surface area (Å²) in [5, 5.41) is 63.6. The second-order valence-electron chi connectivity index (χ2n) is 31.4. The summed E-state index contributed by atoms with van der Waals surface area (Å²) in [6.07, 6.45) is 9.85. The molecule has 37 heteroatoms. The fourth-order valence-electron chi connectivity index (χ4n) is 15.1. The largest absolute Gasteiger partial charge is 0.481 e. The summed E-state index contributed by atoms with van der Waals surface area (Å²) in [6.45, 7) is 5.62. The number of rotatable bonds is 31. The van der Waals surface area contributed by atoms with Gasteiger partial charge in [0.25, 0.3) is 0 Å². The monoisotopic (exact) mass is 1630 g/mol. The Hall–Kier alpha value is -8.19. The first-order valence-electron chi connectivity index (χ1n) is 40.3. The number of ketones is 1. The van der Waals surface area contributed by atoms with E-state index in [1.165, 1.54) is 79.3 Å². The molecule has 6 fully saturated rings. The van der Waals surface area contributed by atoms with E-state index in [-0.39, 0.29) is 113 Å². The normalized spacial score (nSPS) is 26.9. The molecule has 0 radical (unpaired) electrons. The second-order valence-corrected chi connectivity index (χ2v) is 33.5. The van der Waals surface area contributed by atoms with Crippen molar-refractivity contribution < 1.29 is 107 Å². The van der Waals surface area contributed by atoms with Crippen molar-refractivity contribution in [1.29, 1.82) is 0 Å². The van der Waals surface area contributed by atoms with Crippen molar-refractivity contribution in [3.8, 4) is 0 Å². The number of carbonyl (C=O) groups is 17. The highest BCUT2D eigenvalue weighted by atomic mass is 32.2. The third kappa shape index (κ3) is 30.8. The summed E-state index contributed by atoms with van der Waals surface area (Å²) in [6, 6.07) is -17.3. The van der Waals surface area contributed by atoms with Crippen molar-refractivity contribution in [3.05, 3.63) is 0 Å². The topological polar surface area (TPSA) is 524 Å². The number of primary amides is 1. The lowest BCUT2D eigenvalue weighted by atomic mass is 9.91. The van der Waals surface area contributed by atoms with Crippen LogP contribution in [0.3, 0.4) is 0 Å². The fourth-order valence-corrected chi connectivity index (χ4v) is 17.9. The zero-order valence-corrected chi connectivity index (χ0v) is 67.4. The lowest BCUT2D eigenvalue weighted by Gasteiger charge is -2.41. The number of Topliss-reactive ketones (excluding diaryl/α,β-unsaturated/α-hetero) is 1. The Labute approximate surface area is 668 Å². The third-order valence-corrected chi connectivity index (χ3v) is 24.2. The number of nitrogens with two attached hydrogens (primary N) is 1. The van der Waals surface area contributed by atoms with Crippen LogP contribution in [0.25, 0.3) is 0 Å². The molecule has 6 aliphatic heterocycles. The molecule has 13 amide bonds. The molecule has 0 aromatic carbocycles. The van der Waals surface area contributed by atoms with Crippen molar-refractivity contribution in [2.45, 2.75) is 293 Å². The Morgan fingerprint density at radius 3 is 1.60 bits per heavy atom. The zero-order chi connectivity index (χ0) is 82.9. The summed E-state index contributed by atoms with van der Waals surface area (Å²) >= 11 is 2.27. The SMILES string of the molecule is CCCCCCCCCCCCCCCCCC(=O)N[C@H]1C[C@H]2C(=O)N[C@@H](CCC(N)=O)C(=O)N[C@H]3CSCC4(COC4)CSC[C@H](CC(=O)[C@H](CCC(=O)O)NC(=O)CNC(=O)[C@H]([C@@H](C)O)NC(=O)[C@H](CCC(=O)O)NC(=O)[C@@H]4CCCN4C(=O)[C@H](CC(=O)O)NC3=O)C(=O)N[C@@H](CC(C)C)C(=O)N3CCC[C@@H]3C(=O)N2C1. The Morgan fingerprint density at radius 1 is 0.540 bits per heavy atom. The summed E-state index contributed by atoms with van der Waals surface area (Å²) in [4.78, 5) is 244. The van der Waals surface area contributed by atoms with Gasteiger partial charge in [-0.15, -0.1) is 0 Å². The average Bonchev–Trinajstić information content (AvgIpc) is 1.69. The average molecular weight is 1630 g/mol. The standard InChI is InChI=1S/C76H121N13O22S2/c1-5-6-7-8-9-10-11-12-13-14-15-16-17-18-19-24-60(93)79-48-35-57-71(106)82-50(25-28-59(77)92)67(102)85-54-40-113-44-76(41-111-42-76)43-112-39-47(66(101)83-52(33-45(2)3)73(108)88-32-21-23-56(88)75(110)89(57)38-48)34-58(91)49(26-29-62(95)96)80-61(94)37-78-72(107)65(46(4)90)86-68(103)51(27-30-63(97)98)81-70(105)55-22-20-31-87(55)74(109)53(36-64(99)100)84-69(54)104/h45-57,65,90H,5-44H2,1-4H3,(H2,77,92)(H,78,107)(H,79,93)(H,80,94)(H,81,105)(H,82,106)(H,83,101)(H,84,104)(H,85,102)(H,86,103)(H,95,96)(H,97,98)(H,99,100)/t46-,47+,48+,49+,50+,51+,52+,53+,54+,55+,56-,57+,65+/m1/s1. The molecule has 2 bridgehead atoms. The maximum absolute atomic E-state index is 15.5. The molecule has 0 unspecified atom stereocenters. The van der Waals surface area contributed by atoms with Gasteiger partial charge < -0.3 is 93.4 Å². The summed E-state index contributed by atoms with van der Waals surface area (Å²) in [7, 11) is 0. The van der Waals surface area contributed by atoms with E-state index >= 15 is 28.8 Å². The van der Waals surface area contributed by atoms with Gasteiger partial charge in [-0.1, -0.05) is 111 Å². The lowest BCUT2D eigenvalue weighted by molar-refractivity contribution is -0.148. The number of aliphatic carboxylic acids is 3. The molecule has 0 aromatic rings. The third-order valence-electron chi connectivity index (χ3n) is 21.4. The number of unbranched alkanes of at least 4 members (excludes halogenated alkanes) is 14. The molecule has 6 aliphatic rings. The molecule has 35 nitrogen and oxygen atoms in total. The Kier molecular flexibility index (Phi) is 39.5. The van der Waals surface area contributed by atoms with Crippen molar-refractivity contribution in [3.63, 3.8) is 0 Å². The first-order valence-corrected chi connectivity index (χ1v) is 42.6. The predicted octanol–water partition coefficient (Wildman–Crippen LogP) is 0.808. The number of hydrogen-bond acceptors (Lipinski definition) is 21. The highest BCUT2D eigenvalue weighted by Gasteiger charge is 2.49. The smallest absolute Gasteiger partial charge is 0.305 e. The van der Waals surface area contributed by atoms with Gasteiger partial charge in [-0.3, -0.25) is 81.5 Å². The Bertz CT molecular complexity index is 3330. The second kappa shape index (κ2) is 47.6. The maximum Gasteiger partial charge on any atom is 0.305 e. The maximum atomic E-state index is 15.5. The summed E-state index contributed by atoms with van der Waals surface area (Å²) in [5.74, 6) is -19.6. The van der Waals surface area contributed by atoms with Crippen LogP contribution in [0.5, 0.6) is 0 Å². The molecule has 6 rings (SSSR count). The minimum atomic E-state index is -1.99. The van der Waals surface area contributed by atoms with Crippen LogP contribution in [0.1, 0.15) is 220 Å². The number of aliphatic hydroxyl groups excluding tert-OH is 1. The van der Waals surface area contributed by atoms with Gasteiger partial charge in [0.1, 0.15) is 54.4 Å². The fraction of sp³-hybridized carbons (Fsp3) is 0.776. The van der Waals surface area contributed by atoms with Gasteiger partial charge in [-0.25, -0.2) is 0 Å². The van der Waals surface area contributed by atoms with Crippen LogP contribution in [0.15, 0.2) is 0 Å². The number of carboxylic acid groups (broad SMARTS) is 3. The van der Waals surface area contributed by atoms with Crippen molar-refractivity contribution in [1.82, 2.24) is 62.6 Å². The van der Waals surface area contributed by atoms with Crippen LogP contribution in [-0.4, -0.2) is 271 Å². The number of nitrogens with zero attached hydrogens (tertiary/aromatic N) is 3. The number of aliphatic hydroxyl groups is 1. The molecule has 113 heavy (non-hydrogen) atoms. The molecule has 0 saturated carbocycles. The van der Waals surface area contributed by atoms with Crippen molar-refractivity contribution in [2.24, 2.45) is 23.0 Å². The van der Waals surface area contributed by atoms with Gasteiger partial charge in [0.15, 0.2) is 5.78 Å². The number of thioether (sulfide) groups is 2. The molecule has 0 aromatic heterocycles. The number of carbonyl (C=O) groups excluding carboxylic acids is 14. The molecule has 6 heterocycles. The highest BCUT2D eigenvalue weighted by Crippen LogP contribution is 2.37. The molecular formula is C76H121N13O22S2. The quantitative estimate of drug-likeness (QED) is 0.0427. The molecule has 6 saturated heterocycles. The van der Waals surface area contributed by atoms with Crippen LogP contribution in [0.4, 0.5) is 0 Å². The van der Waals surface area contributed by atoms with Gasteiger partial charge >= 0.3 is 17.9 Å². The number of ether oxygens (including phenoxy) is 1. The highest BCUT2D eigenvalue weighted by molar-refractivity contribution is 8.00. The van der Waals surface area contributed by atoms with Crippen molar-refractivity contribution in [2.75, 3.05) is 62.4 Å². The Morgan fingerprint density at radius 2 is 1.05 bits per heavy atom. The number of hydrogen-bond donors (Lipinski definition) is 14. The van der Waals surface area contributed by atoms with E-state index in [9.17, 15) is 73.2 Å². The summed E-state index contributed by atoms with van der Waals surface area (Å²) in [5.41, 5.74) is 4.88. The molecular weight excluding hydrogens is 1510 g/mol. The first-order chi connectivity index (χ1) is 53.8.